The van der Waals surface area contributed by atoms with Crippen molar-refractivity contribution in [2.24, 2.45) is 0 Å². The van der Waals surface area contributed by atoms with Crippen molar-refractivity contribution in [3.63, 3.8) is 0 Å². The van der Waals surface area contributed by atoms with Gasteiger partial charge in [-0.1, -0.05) is 6.07 Å². The molecule has 0 atom stereocenters. The first kappa shape index (κ1) is 19.3. The van der Waals surface area contributed by atoms with E-state index in [1.165, 1.54) is 30.1 Å². The third-order valence-electron chi connectivity index (χ3n) is 4.15. The lowest BCUT2D eigenvalue weighted by atomic mass is 10.1. The Morgan fingerprint density at radius 2 is 1.50 bits per heavy atom. The summed E-state index contributed by atoms with van der Waals surface area (Å²) in [6.07, 6.45) is -1.74. The zero-order valence-corrected chi connectivity index (χ0v) is 15.1. The van der Waals surface area contributed by atoms with E-state index in [1.54, 1.807) is 0 Å². The van der Waals surface area contributed by atoms with Gasteiger partial charge in [0.05, 0.1) is 11.1 Å². The lowest BCUT2D eigenvalue weighted by molar-refractivity contribution is -0.137. The maximum atomic E-state index is 12.6. The minimum Gasteiger partial charge on any atom is -0.324 e. The lowest BCUT2D eigenvalue weighted by Crippen LogP contribution is -2.13. The molecule has 0 spiro atoms. The molecule has 3 aromatic rings. The molecule has 1 heterocycles. The van der Waals surface area contributed by atoms with Crippen molar-refractivity contribution in [2.75, 3.05) is 10.6 Å². The monoisotopic (exact) mass is 386 g/mol. The van der Waals surface area contributed by atoms with Crippen LogP contribution < -0.4 is 10.6 Å². The number of hydrogen-bond acceptors (Lipinski definition) is 4. The van der Waals surface area contributed by atoms with E-state index >= 15 is 0 Å². The number of alkyl halides is 3. The van der Waals surface area contributed by atoms with Crippen LogP contribution in [0.25, 0.3) is 0 Å². The van der Waals surface area contributed by atoms with Gasteiger partial charge < -0.3 is 10.6 Å². The van der Waals surface area contributed by atoms with Crippen molar-refractivity contribution in [1.82, 2.24) is 9.97 Å². The van der Waals surface area contributed by atoms with Crippen LogP contribution in [0.4, 0.5) is 30.5 Å². The number of halogens is 3. The van der Waals surface area contributed by atoms with Gasteiger partial charge in [0, 0.05) is 23.8 Å². The Bertz CT molecular complexity index is 984. The van der Waals surface area contributed by atoms with Crippen molar-refractivity contribution in [3.05, 3.63) is 77.1 Å². The minimum absolute atomic E-state index is 0.186. The molecule has 0 aliphatic heterocycles. The van der Waals surface area contributed by atoms with Crippen molar-refractivity contribution >= 4 is 23.2 Å². The Kier molecular flexibility index (Phi) is 5.30. The molecule has 0 saturated heterocycles. The molecule has 144 valence electrons. The van der Waals surface area contributed by atoms with Gasteiger partial charge in [-0.2, -0.15) is 13.2 Å². The summed E-state index contributed by atoms with van der Waals surface area (Å²) in [7, 11) is 0. The topological polar surface area (TPSA) is 66.9 Å². The standard InChI is InChI=1S/C20H17F3N4O/c1-12-3-6-17(9-13(12)2)27-19-24-10-14(11-25-19)18(28)26-16-7-4-15(5-8-16)20(21,22)23/h3-11H,1-2H3,(H,26,28)(H,24,25,27). The molecule has 28 heavy (non-hydrogen) atoms. The summed E-state index contributed by atoms with van der Waals surface area (Å²) in [5, 5.41) is 5.56. The zero-order valence-electron chi connectivity index (χ0n) is 15.1. The molecule has 0 unspecified atom stereocenters. The maximum Gasteiger partial charge on any atom is 0.416 e. The number of aryl methyl sites for hydroxylation is 2. The van der Waals surface area contributed by atoms with Crippen molar-refractivity contribution in [2.45, 2.75) is 20.0 Å². The highest BCUT2D eigenvalue weighted by Gasteiger charge is 2.30. The van der Waals surface area contributed by atoms with Crippen LogP contribution >= 0.6 is 0 Å². The summed E-state index contributed by atoms with van der Waals surface area (Å²) in [6, 6.07) is 10.0. The number of carbonyl (C=O) groups is 1. The summed E-state index contributed by atoms with van der Waals surface area (Å²) in [5.74, 6) is -0.188. The third-order valence-corrected chi connectivity index (χ3v) is 4.15. The van der Waals surface area contributed by atoms with Crippen LogP contribution in [0.5, 0.6) is 0 Å². The van der Waals surface area contributed by atoms with E-state index in [0.29, 0.717) is 5.95 Å². The van der Waals surface area contributed by atoms with Gasteiger partial charge >= 0.3 is 6.18 Å². The Morgan fingerprint density at radius 3 is 2.07 bits per heavy atom. The number of carbonyl (C=O) groups excluding carboxylic acids is 1. The average molecular weight is 386 g/mol. The van der Waals surface area contributed by atoms with Crippen LogP contribution in [-0.2, 0) is 6.18 Å². The molecule has 8 heteroatoms. The van der Waals surface area contributed by atoms with E-state index in [4.69, 9.17) is 0 Å². The van der Waals surface area contributed by atoms with Crippen LogP contribution in [-0.4, -0.2) is 15.9 Å². The second-order valence-corrected chi connectivity index (χ2v) is 6.25. The van der Waals surface area contributed by atoms with E-state index in [0.717, 1.165) is 23.4 Å². The summed E-state index contributed by atoms with van der Waals surface area (Å²) in [4.78, 5) is 20.4. The van der Waals surface area contributed by atoms with Gasteiger partial charge in [0.1, 0.15) is 0 Å². The fraction of sp³-hybridized carbons (Fsp3) is 0.150. The number of hydrogen-bond donors (Lipinski definition) is 2. The summed E-state index contributed by atoms with van der Waals surface area (Å²) in [5.41, 5.74) is 2.76. The molecule has 1 amide bonds. The molecule has 3 rings (SSSR count). The van der Waals surface area contributed by atoms with Crippen LogP contribution in [0.15, 0.2) is 54.9 Å². The normalized spacial score (nSPS) is 11.2. The number of amides is 1. The molecular weight excluding hydrogens is 369 g/mol. The SMILES string of the molecule is Cc1ccc(Nc2ncc(C(=O)Nc3ccc(C(F)(F)F)cc3)cn2)cc1C. The van der Waals surface area contributed by atoms with E-state index < -0.39 is 17.6 Å². The van der Waals surface area contributed by atoms with Gasteiger partial charge in [-0.25, -0.2) is 9.97 Å². The van der Waals surface area contributed by atoms with Gasteiger partial charge in [-0.15, -0.1) is 0 Å². The van der Waals surface area contributed by atoms with Crippen LogP contribution in [0.1, 0.15) is 27.0 Å². The molecule has 0 fully saturated rings. The number of rotatable bonds is 4. The van der Waals surface area contributed by atoms with Crippen LogP contribution in [0, 0.1) is 13.8 Å². The fourth-order valence-corrected chi connectivity index (χ4v) is 2.40. The Balaban J connectivity index is 1.65. The second kappa shape index (κ2) is 7.67. The molecule has 5 nitrogen and oxygen atoms in total. The third kappa shape index (κ3) is 4.64. The Labute approximate surface area is 159 Å². The first-order valence-electron chi connectivity index (χ1n) is 8.37. The van der Waals surface area contributed by atoms with Crippen LogP contribution in [0.2, 0.25) is 0 Å². The number of aromatic nitrogens is 2. The Morgan fingerprint density at radius 1 is 0.893 bits per heavy atom. The van der Waals surface area contributed by atoms with E-state index in [9.17, 15) is 18.0 Å². The summed E-state index contributed by atoms with van der Waals surface area (Å²) < 4.78 is 37.7. The first-order valence-corrected chi connectivity index (χ1v) is 8.37. The smallest absolute Gasteiger partial charge is 0.324 e. The van der Waals surface area contributed by atoms with E-state index in [2.05, 4.69) is 20.6 Å². The second-order valence-electron chi connectivity index (χ2n) is 6.25. The molecule has 0 aliphatic rings. The van der Waals surface area contributed by atoms with Gasteiger partial charge in [0.2, 0.25) is 5.95 Å². The highest BCUT2D eigenvalue weighted by Crippen LogP contribution is 2.29. The van der Waals surface area contributed by atoms with Crippen molar-refractivity contribution < 1.29 is 18.0 Å². The maximum absolute atomic E-state index is 12.6. The van der Waals surface area contributed by atoms with Gasteiger partial charge in [0.15, 0.2) is 0 Å². The largest absolute Gasteiger partial charge is 0.416 e. The quantitative estimate of drug-likeness (QED) is 0.654. The molecule has 0 aliphatic carbocycles. The molecule has 0 bridgehead atoms. The molecule has 2 aromatic carbocycles. The first-order chi connectivity index (χ1) is 13.2. The number of nitrogens with zero attached hydrogens (tertiary/aromatic N) is 2. The predicted octanol–water partition coefficient (Wildman–Crippen LogP) is 5.11. The molecular formula is C20H17F3N4O. The van der Waals surface area contributed by atoms with Gasteiger partial charge in [-0.3, -0.25) is 4.79 Å². The van der Waals surface area contributed by atoms with Crippen molar-refractivity contribution in [1.29, 1.82) is 0 Å². The highest BCUT2D eigenvalue weighted by molar-refractivity contribution is 6.03. The summed E-state index contributed by atoms with van der Waals surface area (Å²) in [6.45, 7) is 4.01. The van der Waals surface area contributed by atoms with Crippen molar-refractivity contribution in [3.8, 4) is 0 Å². The molecule has 0 radical (unpaired) electrons. The Hall–Kier alpha value is -3.42. The number of benzene rings is 2. The molecule has 0 saturated carbocycles. The zero-order chi connectivity index (χ0) is 20.3. The highest BCUT2D eigenvalue weighted by atomic mass is 19.4. The summed E-state index contributed by atoms with van der Waals surface area (Å²) >= 11 is 0. The molecule has 2 N–H and O–H groups in total. The van der Waals surface area contributed by atoms with E-state index in [1.807, 2.05) is 32.0 Å². The van der Waals surface area contributed by atoms with Gasteiger partial charge in [0.25, 0.3) is 5.91 Å². The average Bonchev–Trinajstić information content (AvgIpc) is 2.65. The van der Waals surface area contributed by atoms with E-state index in [-0.39, 0.29) is 11.3 Å². The van der Waals surface area contributed by atoms with Crippen LogP contribution in [0.3, 0.4) is 0 Å². The van der Waals surface area contributed by atoms with Gasteiger partial charge in [-0.05, 0) is 61.4 Å². The fourth-order valence-electron chi connectivity index (χ4n) is 2.40. The predicted molar refractivity (Wildman–Crippen MR) is 101 cm³/mol. The lowest BCUT2D eigenvalue weighted by Gasteiger charge is -2.09. The molecule has 1 aromatic heterocycles. The minimum atomic E-state index is -4.42. The number of nitrogens with one attached hydrogen (secondary N) is 2. The number of anilines is 3.